The van der Waals surface area contributed by atoms with E-state index < -0.39 is 5.54 Å². The van der Waals surface area contributed by atoms with Crippen LogP contribution < -0.4 is 14.5 Å². The van der Waals surface area contributed by atoms with E-state index in [4.69, 9.17) is 4.98 Å². The van der Waals surface area contributed by atoms with Crippen LogP contribution in [0.4, 0.5) is 0 Å². The van der Waals surface area contributed by atoms with Crippen molar-refractivity contribution in [2.75, 3.05) is 0 Å². The molecular formula is C44H50N4O+2. The molecule has 250 valence electrons. The van der Waals surface area contributed by atoms with Gasteiger partial charge < -0.3 is 0 Å². The molecule has 7 rings (SSSR count). The highest BCUT2D eigenvalue weighted by molar-refractivity contribution is 6.06. The molecule has 1 aliphatic rings. The Morgan fingerprint density at radius 2 is 1.69 bits per heavy atom. The molecule has 5 nitrogen and oxygen atoms in total. The van der Waals surface area contributed by atoms with Crippen LogP contribution in [0.2, 0.25) is 0 Å². The Balaban J connectivity index is 1.60. The number of aromatic nitrogens is 4. The van der Waals surface area contributed by atoms with Gasteiger partial charge >= 0.3 is 5.56 Å². The lowest BCUT2D eigenvalue weighted by atomic mass is 9.76. The molecule has 0 amide bonds. The predicted molar refractivity (Wildman–Crippen MR) is 203 cm³/mol. The third-order valence-electron chi connectivity index (χ3n) is 11.3. The summed E-state index contributed by atoms with van der Waals surface area (Å²) in [5.41, 5.74) is 9.39. The van der Waals surface area contributed by atoms with E-state index >= 15 is 4.79 Å². The first-order chi connectivity index (χ1) is 23.6. The molecule has 0 N–H and O–H groups in total. The molecule has 0 radical (unpaired) electrons. The molecule has 0 spiro atoms. The highest BCUT2D eigenvalue weighted by Crippen LogP contribution is 2.47. The molecule has 4 aromatic heterocycles. The van der Waals surface area contributed by atoms with Gasteiger partial charge in [0.05, 0.1) is 23.4 Å². The Labute approximate surface area is 290 Å². The summed E-state index contributed by atoms with van der Waals surface area (Å²) in [6.45, 7) is 17.9. The third kappa shape index (κ3) is 5.12. The van der Waals surface area contributed by atoms with Gasteiger partial charge in [0.15, 0.2) is 17.9 Å². The number of hydrogen-bond donors (Lipinski definition) is 0. The topological polar surface area (TPSA) is 42.9 Å². The van der Waals surface area contributed by atoms with Gasteiger partial charge in [-0.3, -0.25) is 4.98 Å². The number of fused-ring (bicyclic) bond motifs is 2. The second kappa shape index (κ2) is 12.4. The molecule has 0 atom stereocenters. The highest BCUT2D eigenvalue weighted by Gasteiger charge is 2.48. The molecule has 1 aliphatic heterocycles. The van der Waals surface area contributed by atoms with Gasteiger partial charge in [-0.2, -0.15) is 13.5 Å². The lowest BCUT2D eigenvalue weighted by molar-refractivity contribution is -0.555. The number of nitrogens with zero attached hydrogens (tertiary/aromatic N) is 4. The fourth-order valence-corrected chi connectivity index (χ4v) is 8.21. The van der Waals surface area contributed by atoms with Gasteiger partial charge in [-0.05, 0) is 66.8 Å². The van der Waals surface area contributed by atoms with E-state index in [1.165, 1.54) is 27.8 Å². The van der Waals surface area contributed by atoms with Crippen molar-refractivity contribution in [1.82, 2.24) is 9.55 Å². The first-order valence-corrected chi connectivity index (χ1v) is 18.2. The van der Waals surface area contributed by atoms with Crippen LogP contribution in [0.3, 0.4) is 0 Å². The predicted octanol–water partition coefficient (Wildman–Crippen LogP) is 9.67. The van der Waals surface area contributed by atoms with Crippen molar-refractivity contribution in [2.24, 2.45) is 0 Å². The van der Waals surface area contributed by atoms with Crippen LogP contribution in [0.15, 0.2) is 90.1 Å². The average Bonchev–Trinajstić information content (AvgIpc) is 3.11. The fraction of sp³-hybridized carbons (Fsp3) is 0.364. The zero-order valence-corrected chi connectivity index (χ0v) is 30.5. The molecule has 0 bridgehead atoms. The quantitative estimate of drug-likeness (QED) is 0.116. The Morgan fingerprint density at radius 3 is 2.41 bits per heavy atom. The summed E-state index contributed by atoms with van der Waals surface area (Å²) in [7, 11) is 0. The Kier molecular flexibility index (Phi) is 8.29. The van der Waals surface area contributed by atoms with Gasteiger partial charge in [0.2, 0.25) is 5.69 Å². The van der Waals surface area contributed by atoms with E-state index in [0.717, 1.165) is 70.8 Å². The van der Waals surface area contributed by atoms with Gasteiger partial charge in [0.1, 0.15) is 10.9 Å². The molecule has 5 heterocycles. The van der Waals surface area contributed by atoms with E-state index in [0.29, 0.717) is 5.92 Å². The molecule has 2 aromatic carbocycles. The second-order valence-corrected chi connectivity index (χ2v) is 15.0. The maximum atomic E-state index is 15.2. The van der Waals surface area contributed by atoms with Gasteiger partial charge in [0, 0.05) is 34.4 Å². The largest absolute Gasteiger partial charge is 0.346 e. The maximum Gasteiger partial charge on any atom is 0.346 e. The molecule has 0 fully saturated rings. The van der Waals surface area contributed by atoms with Crippen LogP contribution in [0, 0.1) is 6.92 Å². The van der Waals surface area contributed by atoms with Crippen LogP contribution in [0.1, 0.15) is 109 Å². The molecule has 49 heavy (non-hydrogen) atoms. The summed E-state index contributed by atoms with van der Waals surface area (Å²) < 4.78 is 6.67. The molecule has 5 heteroatoms. The normalized spacial score (nSPS) is 15.0. The van der Waals surface area contributed by atoms with Crippen molar-refractivity contribution in [1.29, 1.82) is 0 Å². The van der Waals surface area contributed by atoms with Crippen molar-refractivity contribution in [3.8, 4) is 11.3 Å². The zero-order chi connectivity index (χ0) is 34.7. The SMILES string of the molecule is CCCCC(C)(C)c1cc2c(=O)n3c4c5c(cccc5cc[n+]4c2cn1)C(=C[n+]1ccc(C(C)C)cc1-c1ccccc1C)C3(CC)CC. The molecule has 0 saturated heterocycles. The first kappa shape index (κ1) is 32.9. The van der Waals surface area contributed by atoms with Crippen LogP contribution in [0.25, 0.3) is 50.4 Å². The fourth-order valence-electron chi connectivity index (χ4n) is 8.21. The number of rotatable bonds is 9. The zero-order valence-electron chi connectivity index (χ0n) is 30.5. The maximum absolute atomic E-state index is 15.2. The summed E-state index contributed by atoms with van der Waals surface area (Å²) in [5, 5.41) is 2.96. The van der Waals surface area contributed by atoms with Crippen LogP contribution in [-0.4, -0.2) is 9.55 Å². The third-order valence-corrected chi connectivity index (χ3v) is 11.3. The number of unbranched alkanes of at least 4 members (excludes halogenated alkanes) is 1. The van der Waals surface area contributed by atoms with Crippen molar-refractivity contribution < 1.29 is 8.97 Å². The molecule has 6 aromatic rings. The molecule has 0 unspecified atom stereocenters. The number of allylic oxidation sites excluding steroid dienone is 1. The Hall–Kier alpha value is -4.64. The Morgan fingerprint density at radius 1 is 0.939 bits per heavy atom. The summed E-state index contributed by atoms with van der Waals surface area (Å²) in [5.74, 6) is 0.401. The van der Waals surface area contributed by atoms with Gasteiger partial charge in [-0.1, -0.05) is 97.7 Å². The van der Waals surface area contributed by atoms with E-state index in [-0.39, 0.29) is 11.0 Å². The number of hydrogen-bond acceptors (Lipinski definition) is 2. The number of aryl methyl sites for hydroxylation is 1. The average molecular weight is 651 g/mol. The summed E-state index contributed by atoms with van der Waals surface area (Å²) in [4.78, 5) is 20.2. The summed E-state index contributed by atoms with van der Waals surface area (Å²) in [6.07, 6.45) is 13.4. The minimum absolute atomic E-state index is 0.0563. The minimum Gasteiger partial charge on any atom is -0.256 e. The summed E-state index contributed by atoms with van der Waals surface area (Å²) in [6, 6.07) is 24.1. The van der Waals surface area contributed by atoms with Crippen molar-refractivity contribution in [3.05, 3.63) is 118 Å². The molecule has 0 saturated carbocycles. The van der Waals surface area contributed by atoms with Gasteiger partial charge in [-0.15, -0.1) is 0 Å². The number of pyridine rings is 3. The van der Waals surface area contributed by atoms with E-state index in [1.54, 1.807) is 0 Å². The van der Waals surface area contributed by atoms with Crippen LogP contribution >= 0.6 is 0 Å². The van der Waals surface area contributed by atoms with Crippen LogP contribution in [0.5, 0.6) is 0 Å². The lowest BCUT2D eigenvalue weighted by Crippen LogP contribution is -2.49. The van der Waals surface area contributed by atoms with Gasteiger partial charge in [-0.25, -0.2) is 4.79 Å². The highest BCUT2D eigenvalue weighted by atomic mass is 16.1. The molecule has 0 aliphatic carbocycles. The first-order valence-electron chi connectivity index (χ1n) is 18.2. The number of benzene rings is 2. The standard InChI is InChI=1S/C44H50N4O/c1-9-12-22-43(7,8)39-26-35-38(27-45-39)47-24-21-31-17-15-19-34-36(44(10-2,11-3)48(42(35)49)41(47)40(31)34)28-46-23-20-32(29(4)5)25-37(46)33-18-14-13-16-30(33)6/h13-21,23-29H,9-12,22H2,1-8H3/q+2. The van der Waals surface area contributed by atoms with Crippen LogP contribution in [-0.2, 0) is 11.0 Å². The van der Waals surface area contributed by atoms with Crippen molar-refractivity contribution in [3.63, 3.8) is 0 Å². The van der Waals surface area contributed by atoms with E-state index in [9.17, 15) is 0 Å². The Bertz CT molecular complexity index is 2340. The smallest absolute Gasteiger partial charge is 0.256 e. The second-order valence-electron chi connectivity index (χ2n) is 15.0. The van der Waals surface area contributed by atoms with E-state index in [1.807, 2.05) is 6.20 Å². The molecular weight excluding hydrogens is 601 g/mol. The van der Waals surface area contributed by atoms with E-state index in [2.05, 4.69) is 154 Å². The van der Waals surface area contributed by atoms with Crippen molar-refractivity contribution in [2.45, 2.75) is 104 Å². The van der Waals surface area contributed by atoms with Gasteiger partial charge in [0.25, 0.3) is 5.65 Å². The minimum atomic E-state index is -0.576. The summed E-state index contributed by atoms with van der Waals surface area (Å²) >= 11 is 0. The monoisotopic (exact) mass is 650 g/mol. The van der Waals surface area contributed by atoms with Crippen molar-refractivity contribution >= 4 is 39.1 Å². The lowest BCUT2D eigenvalue weighted by Gasteiger charge is -2.35.